The molecule has 2 aromatic rings. The van der Waals surface area contributed by atoms with Crippen LogP contribution in [0.3, 0.4) is 0 Å². The number of hydrogen-bond acceptors (Lipinski definition) is 8. The van der Waals surface area contributed by atoms with Crippen LogP contribution < -0.4 is 20.1 Å². The monoisotopic (exact) mass is 525 g/mol. The van der Waals surface area contributed by atoms with Crippen molar-refractivity contribution >= 4 is 34.3 Å². The van der Waals surface area contributed by atoms with E-state index in [4.69, 9.17) is 9.47 Å². The summed E-state index contributed by atoms with van der Waals surface area (Å²) in [4.78, 5) is 27.2. The number of thioether (sulfide) groups is 1. The molecule has 2 aliphatic rings. The summed E-state index contributed by atoms with van der Waals surface area (Å²) in [7, 11) is 1.61. The number of carbonyl (C=O) groups excluding carboxylic acids is 2. The highest BCUT2D eigenvalue weighted by Crippen LogP contribution is 2.31. The first kappa shape index (κ1) is 27.0. The standard InChI is InChI=1S/C27H35N5O4S/c1-19(2)36-25-16-21(6-9-24(25)35-3)23-18-37-27(34)32(30-23)17-20-4-7-22(8-5-20)29-26(33)10-13-31-14-11-28-12-15-31/h4-9,16,19,28H,10-15,17-18H2,1-3H3,(H,29,33). The number of nitrogens with one attached hydrogen (secondary N) is 2. The number of ether oxygens (including phenoxy) is 2. The predicted molar refractivity (Wildman–Crippen MR) is 148 cm³/mol. The number of hydrazone groups is 1. The molecule has 10 heteroatoms. The van der Waals surface area contributed by atoms with Crippen LogP contribution in [0.5, 0.6) is 11.5 Å². The van der Waals surface area contributed by atoms with Gasteiger partial charge in [-0.3, -0.25) is 9.59 Å². The van der Waals surface area contributed by atoms with Crippen LogP contribution in [-0.2, 0) is 11.3 Å². The molecule has 2 amide bonds. The number of carbonyl (C=O) groups is 2. The van der Waals surface area contributed by atoms with E-state index in [-0.39, 0.29) is 17.3 Å². The first-order valence-electron chi connectivity index (χ1n) is 12.6. The van der Waals surface area contributed by atoms with Crippen molar-refractivity contribution in [3.8, 4) is 11.5 Å². The van der Waals surface area contributed by atoms with Crippen molar-refractivity contribution in [1.82, 2.24) is 15.2 Å². The predicted octanol–water partition coefficient (Wildman–Crippen LogP) is 3.79. The summed E-state index contributed by atoms with van der Waals surface area (Å²) in [5.41, 5.74) is 3.36. The maximum absolute atomic E-state index is 12.6. The van der Waals surface area contributed by atoms with Gasteiger partial charge in [0.25, 0.3) is 0 Å². The molecule has 0 aromatic heterocycles. The van der Waals surface area contributed by atoms with Gasteiger partial charge in [0.15, 0.2) is 11.5 Å². The molecule has 4 rings (SSSR count). The molecule has 0 unspecified atom stereocenters. The van der Waals surface area contributed by atoms with E-state index in [1.165, 1.54) is 16.8 Å². The van der Waals surface area contributed by atoms with E-state index in [2.05, 4.69) is 20.6 Å². The highest BCUT2D eigenvalue weighted by molar-refractivity contribution is 8.14. The Morgan fingerprint density at radius 3 is 2.59 bits per heavy atom. The van der Waals surface area contributed by atoms with Crippen LogP contribution in [-0.4, -0.2) is 78.5 Å². The summed E-state index contributed by atoms with van der Waals surface area (Å²) < 4.78 is 11.3. The van der Waals surface area contributed by atoms with Crippen LogP contribution in [0, 0.1) is 0 Å². The first-order chi connectivity index (χ1) is 17.9. The van der Waals surface area contributed by atoms with E-state index in [0.717, 1.165) is 55.2 Å². The van der Waals surface area contributed by atoms with Gasteiger partial charge in [0, 0.05) is 56.1 Å². The Kier molecular flexibility index (Phi) is 9.43. The minimum atomic E-state index is -0.0961. The summed E-state index contributed by atoms with van der Waals surface area (Å²) in [6.45, 7) is 8.93. The molecule has 0 aliphatic carbocycles. The van der Waals surface area contributed by atoms with Crippen molar-refractivity contribution in [1.29, 1.82) is 0 Å². The van der Waals surface area contributed by atoms with Crippen molar-refractivity contribution in [3.63, 3.8) is 0 Å². The van der Waals surface area contributed by atoms with E-state index in [0.29, 0.717) is 30.2 Å². The molecule has 37 heavy (non-hydrogen) atoms. The van der Waals surface area contributed by atoms with Gasteiger partial charge in [-0.05, 0) is 49.7 Å². The van der Waals surface area contributed by atoms with Crippen LogP contribution in [0.15, 0.2) is 47.6 Å². The second-order valence-corrected chi connectivity index (χ2v) is 10.2. The molecule has 2 heterocycles. The lowest BCUT2D eigenvalue weighted by Gasteiger charge is -2.26. The number of anilines is 1. The summed E-state index contributed by atoms with van der Waals surface area (Å²) in [6, 6.07) is 13.3. The molecule has 9 nitrogen and oxygen atoms in total. The van der Waals surface area contributed by atoms with Crippen LogP contribution in [0.1, 0.15) is 31.4 Å². The topological polar surface area (TPSA) is 95.5 Å². The molecule has 2 N–H and O–H groups in total. The third-order valence-corrected chi connectivity index (χ3v) is 6.95. The second kappa shape index (κ2) is 12.9. The minimum Gasteiger partial charge on any atom is -0.493 e. The fourth-order valence-corrected chi connectivity index (χ4v) is 4.89. The van der Waals surface area contributed by atoms with Crippen molar-refractivity contribution in [2.45, 2.75) is 32.9 Å². The van der Waals surface area contributed by atoms with E-state index in [1.54, 1.807) is 7.11 Å². The fraction of sp³-hybridized carbons (Fsp3) is 0.444. The summed E-state index contributed by atoms with van der Waals surface area (Å²) >= 11 is 1.23. The maximum atomic E-state index is 12.6. The minimum absolute atomic E-state index is 0.00319. The smallest absolute Gasteiger partial charge is 0.302 e. The Labute approximate surface area is 222 Å². The van der Waals surface area contributed by atoms with Crippen LogP contribution in [0.2, 0.25) is 0 Å². The van der Waals surface area contributed by atoms with Crippen LogP contribution >= 0.6 is 11.8 Å². The van der Waals surface area contributed by atoms with Crippen LogP contribution in [0.4, 0.5) is 10.5 Å². The molecule has 1 saturated heterocycles. The third-order valence-electron chi connectivity index (χ3n) is 6.08. The first-order valence-corrected chi connectivity index (χ1v) is 13.6. The van der Waals surface area contributed by atoms with Crippen molar-refractivity contribution in [2.75, 3.05) is 50.9 Å². The van der Waals surface area contributed by atoms with Gasteiger partial charge in [0.1, 0.15) is 0 Å². The average molecular weight is 526 g/mol. The highest BCUT2D eigenvalue weighted by Gasteiger charge is 2.23. The molecule has 0 bridgehead atoms. The van der Waals surface area contributed by atoms with Crippen molar-refractivity contribution in [3.05, 3.63) is 53.6 Å². The van der Waals surface area contributed by atoms with Gasteiger partial charge < -0.3 is 25.0 Å². The summed E-state index contributed by atoms with van der Waals surface area (Å²) in [5.74, 6) is 1.80. The quantitative estimate of drug-likeness (QED) is 0.487. The second-order valence-electron chi connectivity index (χ2n) is 9.28. The Morgan fingerprint density at radius 1 is 1.14 bits per heavy atom. The fourth-order valence-electron chi connectivity index (χ4n) is 4.15. The zero-order valence-electron chi connectivity index (χ0n) is 21.7. The lowest BCUT2D eigenvalue weighted by molar-refractivity contribution is -0.116. The van der Waals surface area contributed by atoms with Gasteiger partial charge in [-0.1, -0.05) is 23.9 Å². The van der Waals surface area contributed by atoms with Gasteiger partial charge in [-0.2, -0.15) is 5.10 Å². The number of amides is 2. The Hall–Kier alpha value is -3.08. The summed E-state index contributed by atoms with van der Waals surface area (Å²) in [6.07, 6.45) is 0.471. The number of piperazine rings is 1. The number of hydrogen-bond donors (Lipinski definition) is 2. The normalized spacial score (nSPS) is 16.5. The zero-order chi connectivity index (χ0) is 26.2. The largest absolute Gasteiger partial charge is 0.493 e. The number of methoxy groups -OCH3 is 1. The Morgan fingerprint density at radius 2 is 1.89 bits per heavy atom. The van der Waals surface area contributed by atoms with Gasteiger partial charge in [0.05, 0.1) is 25.5 Å². The van der Waals surface area contributed by atoms with E-state index >= 15 is 0 Å². The number of benzene rings is 2. The third kappa shape index (κ3) is 7.70. The van der Waals surface area contributed by atoms with Crippen LogP contribution in [0.25, 0.3) is 0 Å². The summed E-state index contributed by atoms with van der Waals surface area (Å²) in [5, 5.41) is 12.3. The van der Waals surface area contributed by atoms with Gasteiger partial charge in [-0.15, -0.1) is 0 Å². The average Bonchev–Trinajstić information content (AvgIpc) is 2.90. The van der Waals surface area contributed by atoms with Crippen molar-refractivity contribution in [2.24, 2.45) is 5.10 Å². The molecule has 0 atom stereocenters. The van der Waals surface area contributed by atoms with Gasteiger partial charge in [0.2, 0.25) is 5.91 Å². The Bertz CT molecular complexity index is 1120. The molecule has 0 spiro atoms. The highest BCUT2D eigenvalue weighted by atomic mass is 32.2. The molecular weight excluding hydrogens is 490 g/mol. The van der Waals surface area contributed by atoms with Crippen molar-refractivity contribution < 1.29 is 19.1 Å². The molecule has 2 aromatic carbocycles. The van der Waals surface area contributed by atoms with Gasteiger partial charge >= 0.3 is 5.24 Å². The maximum Gasteiger partial charge on any atom is 0.302 e. The SMILES string of the molecule is COc1ccc(C2=NN(Cc3ccc(NC(=O)CCN4CCNCC4)cc3)C(=O)SC2)cc1OC(C)C. The molecule has 1 fully saturated rings. The van der Waals surface area contributed by atoms with E-state index < -0.39 is 0 Å². The lowest BCUT2D eigenvalue weighted by atomic mass is 10.1. The number of rotatable bonds is 10. The molecular formula is C27H35N5O4S. The van der Waals surface area contributed by atoms with E-state index in [9.17, 15) is 9.59 Å². The van der Waals surface area contributed by atoms with E-state index in [1.807, 2.05) is 56.3 Å². The zero-order valence-corrected chi connectivity index (χ0v) is 22.5. The molecule has 198 valence electrons. The Balaban J connectivity index is 1.37. The lowest BCUT2D eigenvalue weighted by Crippen LogP contribution is -2.44. The molecule has 0 saturated carbocycles. The van der Waals surface area contributed by atoms with Gasteiger partial charge in [-0.25, -0.2) is 5.01 Å². The molecule has 0 radical (unpaired) electrons. The molecule has 2 aliphatic heterocycles. The number of nitrogens with zero attached hydrogens (tertiary/aromatic N) is 3.